The summed E-state index contributed by atoms with van der Waals surface area (Å²) < 4.78 is 65.2. The lowest BCUT2D eigenvalue weighted by atomic mass is 10.1. The summed E-state index contributed by atoms with van der Waals surface area (Å²) in [5.74, 6) is -6.84. The normalized spacial score (nSPS) is 11.0. The minimum absolute atomic E-state index is 0.0104. The first-order valence-corrected chi connectivity index (χ1v) is 6.30. The zero-order valence-electron chi connectivity index (χ0n) is 11.8. The maximum Gasteiger partial charge on any atom is 0.205 e. The molecule has 0 amide bonds. The van der Waals surface area contributed by atoms with Crippen LogP contribution in [0.25, 0.3) is 6.08 Å². The van der Waals surface area contributed by atoms with Gasteiger partial charge in [-0.3, -0.25) is 0 Å². The number of ether oxygens (including phenoxy) is 2. The maximum absolute atomic E-state index is 13.9. The quantitative estimate of drug-likeness (QED) is 0.579. The van der Waals surface area contributed by atoms with Gasteiger partial charge in [-0.25, -0.2) is 8.78 Å². The summed E-state index contributed by atoms with van der Waals surface area (Å²) in [4.78, 5) is 0. The Balaban J connectivity index is 2.46. The van der Waals surface area contributed by atoms with Gasteiger partial charge in [-0.2, -0.15) is 8.78 Å². The van der Waals surface area contributed by atoms with Gasteiger partial charge in [0.2, 0.25) is 17.4 Å². The molecule has 116 valence electrons. The van der Waals surface area contributed by atoms with Gasteiger partial charge >= 0.3 is 0 Å². The lowest BCUT2D eigenvalue weighted by Gasteiger charge is -2.11. The largest absolute Gasteiger partial charge is 0.497 e. The number of methoxy groups -OCH3 is 1. The summed E-state index contributed by atoms with van der Waals surface area (Å²) in [6.45, 7) is 1.47. The molecule has 0 saturated carbocycles. The van der Waals surface area contributed by atoms with Gasteiger partial charge in [0.1, 0.15) is 11.5 Å². The van der Waals surface area contributed by atoms with Crippen molar-refractivity contribution in [3.63, 3.8) is 0 Å². The van der Waals surface area contributed by atoms with Crippen molar-refractivity contribution in [1.29, 1.82) is 0 Å². The van der Waals surface area contributed by atoms with E-state index in [0.717, 1.165) is 6.08 Å². The fourth-order valence-electron chi connectivity index (χ4n) is 1.79. The lowest BCUT2D eigenvalue weighted by Crippen LogP contribution is -2.03. The van der Waals surface area contributed by atoms with Gasteiger partial charge in [-0.15, -0.1) is 0 Å². The lowest BCUT2D eigenvalue weighted by molar-refractivity contribution is 0.364. The van der Waals surface area contributed by atoms with Crippen LogP contribution in [0.2, 0.25) is 0 Å². The average molecular weight is 312 g/mol. The minimum atomic E-state index is -1.59. The Kier molecular flexibility index (Phi) is 4.70. The smallest absolute Gasteiger partial charge is 0.205 e. The van der Waals surface area contributed by atoms with Crippen LogP contribution in [0.15, 0.2) is 30.3 Å². The number of hydrogen-bond donors (Lipinski definition) is 0. The van der Waals surface area contributed by atoms with Crippen LogP contribution < -0.4 is 9.47 Å². The molecule has 0 atom stereocenters. The van der Waals surface area contributed by atoms with Gasteiger partial charge < -0.3 is 9.47 Å². The molecular formula is C16H12F4O2. The van der Waals surface area contributed by atoms with Gasteiger partial charge in [0.15, 0.2) is 11.6 Å². The van der Waals surface area contributed by atoms with E-state index in [1.165, 1.54) is 44.4 Å². The molecule has 6 heteroatoms. The Labute approximate surface area is 124 Å². The summed E-state index contributed by atoms with van der Waals surface area (Å²) in [5, 5.41) is 0. The highest BCUT2D eigenvalue weighted by atomic mass is 19.2. The molecule has 0 spiro atoms. The van der Waals surface area contributed by atoms with Gasteiger partial charge in [-0.05, 0) is 31.2 Å². The summed E-state index contributed by atoms with van der Waals surface area (Å²) in [5.41, 5.74) is -0.792. The van der Waals surface area contributed by atoms with Crippen molar-refractivity contribution in [2.24, 2.45) is 0 Å². The SMILES string of the molecule is CC=Cc1c(F)c(F)c(Oc2ccc(OC)cc2)c(F)c1F. The second-order valence-electron chi connectivity index (χ2n) is 4.28. The Morgan fingerprint density at radius 3 is 1.77 bits per heavy atom. The third-order valence-corrected chi connectivity index (χ3v) is 2.87. The van der Waals surface area contributed by atoms with Crippen molar-refractivity contribution in [1.82, 2.24) is 0 Å². The molecule has 0 aromatic heterocycles. The van der Waals surface area contributed by atoms with Gasteiger partial charge in [0.25, 0.3) is 0 Å². The van der Waals surface area contributed by atoms with Crippen molar-refractivity contribution in [3.8, 4) is 17.2 Å². The molecule has 0 aliphatic rings. The highest BCUT2D eigenvalue weighted by Crippen LogP contribution is 2.34. The fourth-order valence-corrected chi connectivity index (χ4v) is 1.79. The van der Waals surface area contributed by atoms with Gasteiger partial charge in [-0.1, -0.05) is 12.2 Å². The van der Waals surface area contributed by atoms with E-state index in [-0.39, 0.29) is 5.75 Å². The molecule has 0 aliphatic carbocycles. The Hall–Kier alpha value is -2.50. The molecule has 0 bridgehead atoms. The summed E-state index contributed by atoms with van der Waals surface area (Å²) in [6, 6.07) is 5.67. The van der Waals surface area contributed by atoms with Crippen LogP contribution in [0, 0.1) is 23.3 Å². The minimum Gasteiger partial charge on any atom is -0.497 e. The number of rotatable bonds is 4. The standard InChI is InChI=1S/C16H12F4O2/c1-3-4-11-12(17)14(19)16(15(20)13(11)18)22-10-7-5-9(21-2)6-8-10/h3-8H,1-2H3. The topological polar surface area (TPSA) is 18.5 Å². The number of benzene rings is 2. The zero-order chi connectivity index (χ0) is 16.3. The van der Waals surface area contributed by atoms with Crippen molar-refractivity contribution in [3.05, 3.63) is 59.2 Å². The van der Waals surface area contributed by atoms with Crippen LogP contribution in [0.3, 0.4) is 0 Å². The third kappa shape index (κ3) is 2.90. The molecule has 2 aromatic rings. The molecular weight excluding hydrogens is 300 g/mol. The number of halogens is 4. The average Bonchev–Trinajstić information content (AvgIpc) is 2.54. The zero-order valence-corrected chi connectivity index (χ0v) is 11.8. The molecule has 2 aromatic carbocycles. The van der Waals surface area contributed by atoms with E-state index in [4.69, 9.17) is 9.47 Å². The van der Waals surface area contributed by atoms with Crippen LogP contribution >= 0.6 is 0 Å². The van der Waals surface area contributed by atoms with Crippen LogP contribution in [0.1, 0.15) is 12.5 Å². The molecule has 0 N–H and O–H groups in total. The van der Waals surface area contributed by atoms with E-state index in [1.807, 2.05) is 0 Å². The molecule has 0 saturated heterocycles. The van der Waals surface area contributed by atoms with Crippen molar-refractivity contribution < 1.29 is 27.0 Å². The molecule has 2 nitrogen and oxygen atoms in total. The Morgan fingerprint density at radius 2 is 1.32 bits per heavy atom. The molecule has 0 heterocycles. The second-order valence-corrected chi connectivity index (χ2v) is 4.28. The predicted molar refractivity (Wildman–Crippen MR) is 74.1 cm³/mol. The number of allylic oxidation sites excluding steroid dienone is 1. The molecule has 0 radical (unpaired) electrons. The highest BCUT2D eigenvalue weighted by molar-refractivity contribution is 5.54. The van der Waals surface area contributed by atoms with Crippen molar-refractivity contribution in [2.75, 3.05) is 7.11 Å². The van der Waals surface area contributed by atoms with Crippen LogP contribution in [0.4, 0.5) is 17.6 Å². The summed E-state index contributed by atoms with van der Waals surface area (Å²) in [6.07, 6.45) is 2.21. The molecule has 0 fully saturated rings. The van der Waals surface area contributed by atoms with Crippen LogP contribution in [0.5, 0.6) is 17.2 Å². The second kappa shape index (κ2) is 6.51. The van der Waals surface area contributed by atoms with Crippen molar-refractivity contribution in [2.45, 2.75) is 6.92 Å². The first kappa shape index (κ1) is 15.9. The van der Waals surface area contributed by atoms with Gasteiger partial charge in [0, 0.05) is 0 Å². The molecule has 0 unspecified atom stereocenters. The van der Waals surface area contributed by atoms with Gasteiger partial charge in [0.05, 0.1) is 12.7 Å². The fraction of sp³-hybridized carbons (Fsp3) is 0.125. The first-order valence-electron chi connectivity index (χ1n) is 6.30. The van der Waals surface area contributed by atoms with E-state index in [0.29, 0.717) is 5.75 Å². The molecule has 22 heavy (non-hydrogen) atoms. The predicted octanol–water partition coefficient (Wildman–Crippen LogP) is 5.08. The Morgan fingerprint density at radius 1 is 0.818 bits per heavy atom. The summed E-state index contributed by atoms with van der Waals surface area (Å²) in [7, 11) is 1.44. The third-order valence-electron chi connectivity index (χ3n) is 2.87. The molecule has 2 rings (SSSR count). The van der Waals surface area contributed by atoms with Crippen LogP contribution in [-0.4, -0.2) is 7.11 Å². The van der Waals surface area contributed by atoms with E-state index >= 15 is 0 Å². The van der Waals surface area contributed by atoms with Crippen molar-refractivity contribution >= 4 is 6.08 Å². The maximum atomic E-state index is 13.9. The number of hydrogen-bond acceptors (Lipinski definition) is 2. The van der Waals surface area contributed by atoms with Crippen LogP contribution in [-0.2, 0) is 0 Å². The monoisotopic (exact) mass is 312 g/mol. The molecule has 0 aliphatic heterocycles. The summed E-state index contributed by atoms with van der Waals surface area (Å²) >= 11 is 0. The van der Waals surface area contributed by atoms with E-state index in [9.17, 15) is 17.6 Å². The Bertz CT molecular complexity index is 680. The van der Waals surface area contributed by atoms with E-state index in [1.54, 1.807) is 0 Å². The highest BCUT2D eigenvalue weighted by Gasteiger charge is 2.25. The van der Waals surface area contributed by atoms with E-state index in [2.05, 4.69) is 0 Å². The van der Waals surface area contributed by atoms with E-state index < -0.39 is 34.6 Å². The first-order chi connectivity index (χ1) is 10.5.